The van der Waals surface area contributed by atoms with E-state index in [0.29, 0.717) is 5.70 Å². The van der Waals surface area contributed by atoms with Gasteiger partial charge in [0.15, 0.2) is 0 Å². The molecule has 5 nitrogen and oxygen atoms in total. The third-order valence-electron chi connectivity index (χ3n) is 2.40. The van der Waals surface area contributed by atoms with Gasteiger partial charge in [0.05, 0.1) is 6.04 Å². The molecule has 1 aromatic carbocycles. The predicted octanol–water partition coefficient (Wildman–Crippen LogP) is 1.28. The highest BCUT2D eigenvalue weighted by atomic mass is 15.2. The zero-order valence-electron chi connectivity index (χ0n) is 11.6. The van der Waals surface area contributed by atoms with Crippen LogP contribution in [0.25, 0.3) is 0 Å². The maximum absolute atomic E-state index is 5.88. The number of likely N-dealkylation sites (N-methyl/N-ethyl adjacent to an activating group) is 1. The maximum atomic E-state index is 5.88. The number of hydrazine groups is 1. The molecule has 0 spiro atoms. The number of nitrogens with one attached hydrogen (secondary N) is 3. The van der Waals surface area contributed by atoms with E-state index in [1.165, 1.54) is 0 Å². The standard InChI is InChI=1S/C11H19N5.C2H6/c1-14-9-5-3-8(4-6-9)11(15-2)10(12)7-16-13;1-2/h3-7,11,14-16H,12-13H2,1-2H3;1-2H3/b10-7-;. The summed E-state index contributed by atoms with van der Waals surface area (Å²) in [5.74, 6) is 5.20. The molecule has 1 atom stereocenters. The molecule has 0 aliphatic rings. The van der Waals surface area contributed by atoms with E-state index in [0.717, 1.165) is 11.3 Å². The number of hydrogen-bond donors (Lipinski definition) is 5. The van der Waals surface area contributed by atoms with Gasteiger partial charge in [0.25, 0.3) is 0 Å². The van der Waals surface area contributed by atoms with Crippen molar-refractivity contribution in [2.75, 3.05) is 19.4 Å². The van der Waals surface area contributed by atoms with Crippen LogP contribution in [0.1, 0.15) is 25.5 Å². The van der Waals surface area contributed by atoms with Crippen molar-refractivity contribution in [3.63, 3.8) is 0 Å². The number of anilines is 1. The molecule has 0 aliphatic heterocycles. The van der Waals surface area contributed by atoms with Gasteiger partial charge in [0.2, 0.25) is 0 Å². The Labute approximate surface area is 110 Å². The Bertz CT molecular complexity index is 345. The van der Waals surface area contributed by atoms with Gasteiger partial charge in [-0.3, -0.25) is 5.84 Å². The van der Waals surface area contributed by atoms with Crippen molar-refractivity contribution in [2.24, 2.45) is 11.6 Å². The van der Waals surface area contributed by atoms with Gasteiger partial charge in [0, 0.05) is 24.6 Å². The molecular weight excluding hydrogens is 226 g/mol. The molecule has 1 unspecified atom stereocenters. The molecule has 0 aliphatic carbocycles. The molecule has 102 valence electrons. The molecule has 0 amide bonds. The largest absolute Gasteiger partial charge is 0.399 e. The molecule has 0 aromatic heterocycles. The minimum atomic E-state index is -0.0399. The van der Waals surface area contributed by atoms with Crippen molar-refractivity contribution in [1.82, 2.24) is 10.7 Å². The molecule has 7 N–H and O–H groups in total. The summed E-state index contributed by atoms with van der Waals surface area (Å²) in [6.07, 6.45) is 1.58. The number of benzene rings is 1. The van der Waals surface area contributed by atoms with E-state index in [9.17, 15) is 0 Å². The predicted molar refractivity (Wildman–Crippen MR) is 78.7 cm³/mol. The summed E-state index contributed by atoms with van der Waals surface area (Å²) in [5.41, 5.74) is 11.1. The monoisotopic (exact) mass is 251 g/mol. The Balaban J connectivity index is 0.00000137. The van der Waals surface area contributed by atoms with Gasteiger partial charge in [-0.2, -0.15) is 0 Å². The number of rotatable bonds is 5. The van der Waals surface area contributed by atoms with E-state index < -0.39 is 0 Å². The molecule has 1 rings (SSSR count). The highest BCUT2D eigenvalue weighted by Crippen LogP contribution is 2.19. The summed E-state index contributed by atoms with van der Waals surface area (Å²) >= 11 is 0. The van der Waals surface area contributed by atoms with Gasteiger partial charge in [-0.1, -0.05) is 26.0 Å². The third kappa shape index (κ3) is 4.65. The summed E-state index contributed by atoms with van der Waals surface area (Å²) < 4.78 is 0. The van der Waals surface area contributed by atoms with Crippen LogP contribution in [0.5, 0.6) is 0 Å². The van der Waals surface area contributed by atoms with Crippen LogP contribution in [0.15, 0.2) is 36.2 Å². The Morgan fingerprint density at radius 3 is 2.11 bits per heavy atom. The van der Waals surface area contributed by atoms with Crippen molar-refractivity contribution < 1.29 is 0 Å². The van der Waals surface area contributed by atoms with Crippen molar-refractivity contribution in [2.45, 2.75) is 19.9 Å². The van der Waals surface area contributed by atoms with Gasteiger partial charge in [-0.15, -0.1) is 0 Å². The highest BCUT2D eigenvalue weighted by Gasteiger charge is 2.11. The SMILES string of the molecule is CC.CNc1ccc(C(NC)/C(N)=C/NN)cc1. The fourth-order valence-corrected chi connectivity index (χ4v) is 1.55. The van der Waals surface area contributed by atoms with E-state index in [1.807, 2.05) is 52.2 Å². The van der Waals surface area contributed by atoms with E-state index >= 15 is 0 Å². The molecule has 0 heterocycles. The maximum Gasteiger partial charge on any atom is 0.0736 e. The average Bonchev–Trinajstić information content (AvgIpc) is 2.43. The first-order chi connectivity index (χ1) is 8.72. The molecule has 0 radical (unpaired) electrons. The van der Waals surface area contributed by atoms with Crippen LogP contribution < -0.4 is 27.6 Å². The summed E-state index contributed by atoms with van der Waals surface area (Å²) in [4.78, 5) is 0. The van der Waals surface area contributed by atoms with E-state index in [4.69, 9.17) is 11.6 Å². The van der Waals surface area contributed by atoms with Crippen molar-refractivity contribution in [1.29, 1.82) is 0 Å². The number of hydrogen-bond acceptors (Lipinski definition) is 5. The fourth-order valence-electron chi connectivity index (χ4n) is 1.55. The quantitative estimate of drug-likeness (QED) is 0.402. The molecule has 0 bridgehead atoms. The van der Waals surface area contributed by atoms with Gasteiger partial charge < -0.3 is 21.8 Å². The smallest absolute Gasteiger partial charge is 0.0736 e. The van der Waals surface area contributed by atoms with Crippen LogP contribution in [0.2, 0.25) is 0 Å². The summed E-state index contributed by atoms with van der Waals surface area (Å²) in [6.45, 7) is 4.00. The van der Waals surface area contributed by atoms with Crippen LogP contribution in [-0.4, -0.2) is 14.1 Å². The summed E-state index contributed by atoms with van der Waals surface area (Å²) in [7, 11) is 3.74. The lowest BCUT2D eigenvalue weighted by Crippen LogP contribution is -2.26. The van der Waals surface area contributed by atoms with E-state index in [2.05, 4.69) is 16.1 Å². The molecule has 5 heteroatoms. The third-order valence-corrected chi connectivity index (χ3v) is 2.40. The van der Waals surface area contributed by atoms with Gasteiger partial charge in [0.1, 0.15) is 0 Å². The van der Waals surface area contributed by atoms with Gasteiger partial charge in [-0.05, 0) is 24.7 Å². The summed E-state index contributed by atoms with van der Waals surface area (Å²) in [6, 6.07) is 8.00. The van der Waals surface area contributed by atoms with Crippen molar-refractivity contribution in [3.8, 4) is 0 Å². The second kappa shape index (κ2) is 9.32. The van der Waals surface area contributed by atoms with Crippen molar-refractivity contribution >= 4 is 5.69 Å². The second-order valence-corrected chi connectivity index (χ2v) is 3.40. The molecule has 18 heavy (non-hydrogen) atoms. The lowest BCUT2D eigenvalue weighted by Gasteiger charge is -2.17. The summed E-state index contributed by atoms with van der Waals surface area (Å²) in [5, 5.41) is 6.20. The zero-order chi connectivity index (χ0) is 14.0. The fraction of sp³-hybridized carbons (Fsp3) is 0.385. The Hall–Kier alpha value is -1.72. The zero-order valence-corrected chi connectivity index (χ0v) is 11.6. The molecule has 1 aromatic rings. The Morgan fingerprint density at radius 2 is 1.72 bits per heavy atom. The molecular formula is C13H25N5. The normalized spacial score (nSPS) is 12.2. The molecule has 0 fully saturated rings. The second-order valence-electron chi connectivity index (χ2n) is 3.40. The molecule has 0 saturated carbocycles. The van der Waals surface area contributed by atoms with E-state index in [1.54, 1.807) is 6.20 Å². The van der Waals surface area contributed by atoms with Crippen molar-refractivity contribution in [3.05, 3.63) is 41.7 Å². The molecule has 0 saturated heterocycles. The topological polar surface area (TPSA) is 88.1 Å². The highest BCUT2D eigenvalue weighted by molar-refractivity contribution is 5.45. The average molecular weight is 251 g/mol. The minimum absolute atomic E-state index is 0.0399. The van der Waals surface area contributed by atoms with Crippen LogP contribution in [0.4, 0.5) is 5.69 Å². The van der Waals surface area contributed by atoms with E-state index in [-0.39, 0.29) is 6.04 Å². The van der Waals surface area contributed by atoms with Crippen LogP contribution in [0, 0.1) is 0 Å². The number of nitrogens with two attached hydrogens (primary N) is 2. The van der Waals surface area contributed by atoms with Gasteiger partial charge >= 0.3 is 0 Å². The van der Waals surface area contributed by atoms with Crippen LogP contribution in [-0.2, 0) is 0 Å². The first kappa shape index (κ1) is 16.3. The Kier molecular flexibility index (Phi) is 8.43. The minimum Gasteiger partial charge on any atom is -0.399 e. The van der Waals surface area contributed by atoms with Crippen LogP contribution >= 0.6 is 0 Å². The van der Waals surface area contributed by atoms with Gasteiger partial charge in [-0.25, -0.2) is 0 Å². The first-order valence-corrected chi connectivity index (χ1v) is 6.09. The lowest BCUT2D eigenvalue weighted by atomic mass is 10.0. The Morgan fingerprint density at radius 1 is 1.17 bits per heavy atom. The van der Waals surface area contributed by atoms with Crippen LogP contribution in [0.3, 0.4) is 0 Å². The lowest BCUT2D eigenvalue weighted by molar-refractivity contribution is 0.662. The first-order valence-electron chi connectivity index (χ1n) is 6.09.